The molecule has 0 radical (unpaired) electrons. The van der Waals surface area contributed by atoms with Gasteiger partial charge in [0, 0.05) is 5.69 Å². The van der Waals surface area contributed by atoms with E-state index in [0.717, 1.165) is 5.56 Å². The van der Waals surface area contributed by atoms with Crippen LogP contribution in [0.1, 0.15) is 22.7 Å². The molecule has 0 saturated carbocycles. The number of carbonyl (C=O) groups excluding carboxylic acids is 2. The van der Waals surface area contributed by atoms with Crippen molar-refractivity contribution in [1.82, 2.24) is 0 Å². The number of rotatable bonds is 8. The number of para-hydroxylation sites is 1. The number of aliphatic hydroxyl groups is 1. The Hall–Kier alpha value is -4.08. The molecule has 0 aliphatic carbocycles. The summed E-state index contributed by atoms with van der Waals surface area (Å²) in [7, 11) is 7.08. The standard InChI is InChI=1S/C29H27Cl2NO8/c1-14-9-7-8-10-18(14)32-23(15-11-19(36-2)28(40-6)20(12-15)37-3)21(25(34)29(32)35)24(33)16-13-17(30)27(39-5)22(31)26(16)38-4/h7-13,23,33H,1-6H3/b24-21+. The largest absolute Gasteiger partial charge is 0.507 e. The second-order valence-corrected chi connectivity index (χ2v) is 9.49. The number of nitrogens with zero attached hydrogens (tertiary/aromatic N) is 1. The van der Waals surface area contributed by atoms with Crippen molar-refractivity contribution < 1.29 is 38.4 Å². The second kappa shape index (κ2) is 11.6. The Kier molecular flexibility index (Phi) is 8.37. The van der Waals surface area contributed by atoms with Gasteiger partial charge in [-0.05, 0) is 42.3 Å². The van der Waals surface area contributed by atoms with Crippen LogP contribution < -0.4 is 28.6 Å². The van der Waals surface area contributed by atoms with Crippen LogP contribution in [0.5, 0.6) is 28.7 Å². The first-order valence-electron chi connectivity index (χ1n) is 11.9. The van der Waals surface area contributed by atoms with Gasteiger partial charge in [-0.2, -0.15) is 0 Å². The third-order valence-corrected chi connectivity index (χ3v) is 7.24. The topological polar surface area (TPSA) is 104 Å². The number of halogens is 2. The van der Waals surface area contributed by atoms with Crippen LogP contribution in [0.25, 0.3) is 5.76 Å². The molecule has 210 valence electrons. The average molecular weight is 588 g/mol. The minimum atomic E-state index is -1.11. The molecule has 3 aromatic carbocycles. The first kappa shape index (κ1) is 28.9. The van der Waals surface area contributed by atoms with Crippen LogP contribution in [-0.4, -0.2) is 52.3 Å². The molecule has 1 aliphatic rings. The van der Waals surface area contributed by atoms with E-state index in [1.807, 2.05) is 19.1 Å². The zero-order valence-electron chi connectivity index (χ0n) is 22.6. The zero-order valence-corrected chi connectivity index (χ0v) is 24.1. The third kappa shape index (κ3) is 4.65. The van der Waals surface area contributed by atoms with E-state index in [4.69, 9.17) is 46.9 Å². The van der Waals surface area contributed by atoms with E-state index in [9.17, 15) is 14.7 Å². The second-order valence-electron chi connectivity index (χ2n) is 8.70. The predicted molar refractivity (Wildman–Crippen MR) is 152 cm³/mol. The van der Waals surface area contributed by atoms with Crippen molar-refractivity contribution in [2.24, 2.45) is 0 Å². The van der Waals surface area contributed by atoms with Gasteiger partial charge in [0.05, 0.1) is 57.8 Å². The highest BCUT2D eigenvalue weighted by Crippen LogP contribution is 2.50. The molecular weight excluding hydrogens is 561 g/mol. The Balaban J connectivity index is 2.10. The number of hydrogen-bond acceptors (Lipinski definition) is 8. The highest BCUT2D eigenvalue weighted by atomic mass is 35.5. The van der Waals surface area contributed by atoms with Crippen LogP contribution in [0.4, 0.5) is 5.69 Å². The summed E-state index contributed by atoms with van der Waals surface area (Å²) in [5.74, 6) is -1.29. The molecular formula is C29H27Cl2NO8. The molecule has 1 atom stereocenters. The smallest absolute Gasteiger partial charge is 0.300 e. The van der Waals surface area contributed by atoms with E-state index in [1.165, 1.54) is 46.5 Å². The molecule has 1 aliphatic heterocycles. The van der Waals surface area contributed by atoms with Gasteiger partial charge in [-0.15, -0.1) is 0 Å². The number of ketones is 1. The molecule has 9 nitrogen and oxygen atoms in total. The highest BCUT2D eigenvalue weighted by molar-refractivity contribution is 6.52. The number of methoxy groups -OCH3 is 5. The van der Waals surface area contributed by atoms with Crippen molar-refractivity contribution in [2.45, 2.75) is 13.0 Å². The van der Waals surface area contributed by atoms with E-state index >= 15 is 0 Å². The number of aryl methyl sites for hydroxylation is 1. The summed E-state index contributed by atoms with van der Waals surface area (Å²) in [6, 6.07) is 10.6. The maximum Gasteiger partial charge on any atom is 0.300 e. The number of aliphatic hydroxyl groups excluding tert-OH is 1. The Morgan fingerprint density at radius 1 is 0.825 bits per heavy atom. The summed E-state index contributed by atoms with van der Waals surface area (Å²) >= 11 is 12.9. The number of Topliss-reactive ketones (excluding diaryl/α,β-unsaturated/α-hetero) is 1. The minimum absolute atomic E-state index is 0.00137. The maximum absolute atomic E-state index is 13.7. The molecule has 1 saturated heterocycles. The quantitative estimate of drug-likeness (QED) is 0.195. The average Bonchev–Trinajstić information content (AvgIpc) is 3.21. The van der Waals surface area contributed by atoms with Gasteiger partial charge in [0.1, 0.15) is 10.8 Å². The minimum Gasteiger partial charge on any atom is -0.507 e. The van der Waals surface area contributed by atoms with Gasteiger partial charge in [0.25, 0.3) is 11.7 Å². The molecule has 3 aromatic rings. The highest BCUT2D eigenvalue weighted by Gasteiger charge is 2.48. The van der Waals surface area contributed by atoms with Crippen molar-refractivity contribution in [3.8, 4) is 28.7 Å². The molecule has 1 amide bonds. The van der Waals surface area contributed by atoms with Crippen LogP contribution in [0, 0.1) is 6.92 Å². The van der Waals surface area contributed by atoms with Crippen molar-refractivity contribution in [1.29, 1.82) is 0 Å². The van der Waals surface area contributed by atoms with E-state index in [-0.39, 0.29) is 32.7 Å². The molecule has 40 heavy (non-hydrogen) atoms. The van der Waals surface area contributed by atoms with Crippen molar-refractivity contribution in [2.75, 3.05) is 40.4 Å². The van der Waals surface area contributed by atoms with Gasteiger partial charge in [0.15, 0.2) is 23.0 Å². The van der Waals surface area contributed by atoms with Gasteiger partial charge in [0.2, 0.25) is 5.75 Å². The lowest BCUT2D eigenvalue weighted by atomic mass is 9.94. The summed E-state index contributed by atoms with van der Waals surface area (Å²) in [6.07, 6.45) is 0. The van der Waals surface area contributed by atoms with Gasteiger partial charge < -0.3 is 28.8 Å². The summed E-state index contributed by atoms with van der Waals surface area (Å²) in [4.78, 5) is 28.7. The van der Waals surface area contributed by atoms with Gasteiger partial charge >= 0.3 is 0 Å². The number of ether oxygens (including phenoxy) is 5. The monoisotopic (exact) mass is 587 g/mol. The Labute approximate surface area is 241 Å². The summed E-state index contributed by atoms with van der Waals surface area (Å²) < 4.78 is 27.2. The van der Waals surface area contributed by atoms with Crippen molar-refractivity contribution in [3.63, 3.8) is 0 Å². The number of carbonyl (C=O) groups is 2. The number of anilines is 1. The first-order chi connectivity index (χ1) is 19.1. The van der Waals surface area contributed by atoms with Crippen LogP contribution in [0.15, 0.2) is 48.0 Å². The van der Waals surface area contributed by atoms with Crippen LogP contribution >= 0.6 is 23.2 Å². The molecule has 1 fully saturated rings. The Morgan fingerprint density at radius 3 is 1.93 bits per heavy atom. The normalized spacial score (nSPS) is 16.2. The fourth-order valence-corrected chi connectivity index (χ4v) is 5.47. The van der Waals surface area contributed by atoms with Crippen LogP contribution in [0.2, 0.25) is 10.0 Å². The lowest BCUT2D eigenvalue weighted by molar-refractivity contribution is -0.132. The summed E-state index contributed by atoms with van der Waals surface area (Å²) in [5.41, 5.74) is 1.38. The molecule has 11 heteroatoms. The van der Waals surface area contributed by atoms with Gasteiger partial charge in [-0.3, -0.25) is 14.5 Å². The predicted octanol–water partition coefficient (Wildman–Crippen LogP) is 5.97. The first-order valence-corrected chi connectivity index (χ1v) is 12.7. The fourth-order valence-electron chi connectivity index (χ4n) is 4.78. The molecule has 1 N–H and O–H groups in total. The Bertz CT molecular complexity index is 1510. The molecule has 1 heterocycles. The molecule has 0 aromatic heterocycles. The maximum atomic E-state index is 13.7. The van der Waals surface area contributed by atoms with E-state index in [2.05, 4.69) is 0 Å². The summed E-state index contributed by atoms with van der Waals surface area (Å²) in [6.45, 7) is 1.81. The molecule has 1 unspecified atom stereocenters. The van der Waals surface area contributed by atoms with Crippen molar-refractivity contribution in [3.05, 3.63) is 74.8 Å². The fraction of sp³-hybridized carbons (Fsp3) is 0.241. The van der Waals surface area contributed by atoms with Crippen LogP contribution in [0.3, 0.4) is 0 Å². The van der Waals surface area contributed by atoms with E-state index < -0.39 is 23.5 Å². The SMILES string of the molecule is COc1cc(C2/C(=C(\O)c3cc(Cl)c(OC)c(Cl)c3OC)C(=O)C(=O)N2c2ccccc2C)cc(OC)c1OC. The Morgan fingerprint density at radius 2 is 1.40 bits per heavy atom. The lowest BCUT2D eigenvalue weighted by Crippen LogP contribution is -2.30. The molecule has 0 bridgehead atoms. The van der Waals surface area contributed by atoms with E-state index in [0.29, 0.717) is 28.5 Å². The van der Waals surface area contributed by atoms with Crippen LogP contribution in [-0.2, 0) is 9.59 Å². The van der Waals surface area contributed by atoms with E-state index in [1.54, 1.807) is 24.3 Å². The molecule has 0 spiro atoms. The van der Waals surface area contributed by atoms with Crippen molar-refractivity contribution >= 4 is 46.3 Å². The lowest BCUT2D eigenvalue weighted by Gasteiger charge is -2.28. The summed E-state index contributed by atoms with van der Waals surface area (Å²) in [5, 5.41) is 11.8. The zero-order chi connectivity index (χ0) is 29.3. The van der Waals surface area contributed by atoms with Gasteiger partial charge in [-0.25, -0.2) is 0 Å². The third-order valence-electron chi connectivity index (χ3n) is 6.62. The number of hydrogen-bond donors (Lipinski definition) is 1. The van der Waals surface area contributed by atoms with Gasteiger partial charge in [-0.1, -0.05) is 41.4 Å². The molecule has 4 rings (SSSR count). The number of amides is 1. The number of benzene rings is 3.